The van der Waals surface area contributed by atoms with Gasteiger partial charge < -0.3 is 19.4 Å². The van der Waals surface area contributed by atoms with Crippen molar-refractivity contribution in [2.45, 2.75) is 43.2 Å². The zero-order chi connectivity index (χ0) is 19.2. The molecule has 27 heavy (non-hydrogen) atoms. The highest BCUT2D eigenvalue weighted by molar-refractivity contribution is 7.98. The van der Waals surface area contributed by atoms with Crippen LogP contribution in [0.3, 0.4) is 0 Å². The summed E-state index contributed by atoms with van der Waals surface area (Å²) in [5.74, 6) is 2.29. The van der Waals surface area contributed by atoms with Gasteiger partial charge in [0.1, 0.15) is 11.6 Å². The molecule has 7 nitrogen and oxygen atoms in total. The van der Waals surface area contributed by atoms with E-state index >= 15 is 0 Å². The van der Waals surface area contributed by atoms with Crippen LogP contribution in [0.5, 0.6) is 0 Å². The van der Waals surface area contributed by atoms with Gasteiger partial charge in [-0.05, 0) is 31.4 Å². The Morgan fingerprint density at radius 3 is 2.93 bits per heavy atom. The van der Waals surface area contributed by atoms with Gasteiger partial charge in [-0.1, -0.05) is 18.7 Å². The number of hydrogen-bond donors (Lipinski definition) is 1. The lowest BCUT2D eigenvalue weighted by atomic mass is 10.2. The van der Waals surface area contributed by atoms with Crippen LogP contribution in [0.2, 0.25) is 0 Å². The Balaban J connectivity index is 1.56. The highest BCUT2D eigenvalue weighted by atomic mass is 32.2. The number of carbonyl (C=O) groups excluding carboxylic acids is 1. The number of carbonyl (C=O) groups is 1. The molecule has 1 atom stereocenters. The highest BCUT2D eigenvalue weighted by Crippen LogP contribution is 2.23. The molecule has 8 heteroatoms. The third-order valence-corrected chi connectivity index (χ3v) is 5.18. The summed E-state index contributed by atoms with van der Waals surface area (Å²) in [4.78, 5) is 23.3. The van der Waals surface area contributed by atoms with Gasteiger partial charge in [0, 0.05) is 39.0 Å². The van der Waals surface area contributed by atoms with Crippen LogP contribution in [-0.2, 0) is 16.9 Å². The number of nitrogens with zero attached hydrogens (tertiary/aromatic N) is 3. The number of amides is 1. The second-order valence-corrected chi connectivity index (χ2v) is 7.59. The van der Waals surface area contributed by atoms with Crippen LogP contribution in [0.15, 0.2) is 27.8 Å². The van der Waals surface area contributed by atoms with E-state index in [0.717, 1.165) is 43.1 Å². The van der Waals surface area contributed by atoms with E-state index in [2.05, 4.69) is 22.2 Å². The molecule has 0 saturated carbocycles. The average Bonchev–Trinajstić information content (AvgIpc) is 3.36. The first-order valence-electron chi connectivity index (χ1n) is 9.21. The summed E-state index contributed by atoms with van der Waals surface area (Å²) in [7, 11) is 3.93. The molecular weight excluding hydrogens is 364 g/mol. The van der Waals surface area contributed by atoms with Crippen LogP contribution in [-0.4, -0.2) is 49.2 Å². The van der Waals surface area contributed by atoms with Crippen LogP contribution in [0, 0.1) is 0 Å². The van der Waals surface area contributed by atoms with Crippen molar-refractivity contribution in [3.63, 3.8) is 0 Å². The standard InChI is InChI=1S/C19H26N4O3S/c1-4-13-10-17(23(2)3)22-19(21-13)27-12-15-7-8-16(26-15)18(24)20-11-14-6-5-9-25-14/h7-8,10,14H,4-6,9,11-12H2,1-3H3,(H,20,24)/t14-/m1/s1. The molecule has 1 saturated heterocycles. The normalized spacial score (nSPS) is 16.5. The molecule has 1 amide bonds. The summed E-state index contributed by atoms with van der Waals surface area (Å²) in [5.41, 5.74) is 1.00. The van der Waals surface area contributed by atoms with Gasteiger partial charge in [-0.15, -0.1) is 0 Å². The molecule has 3 heterocycles. The Morgan fingerprint density at radius 2 is 2.22 bits per heavy atom. The first-order valence-corrected chi connectivity index (χ1v) is 10.2. The summed E-state index contributed by atoms with van der Waals surface area (Å²) in [5, 5.41) is 3.58. The van der Waals surface area contributed by atoms with Gasteiger partial charge >= 0.3 is 0 Å². The van der Waals surface area contributed by atoms with Crippen LogP contribution in [0.25, 0.3) is 0 Å². The Morgan fingerprint density at radius 1 is 1.37 bits per heavy atom. The average molecular weight is 391 g/mol. The Kier molecular flexibility index (Phi) is 6.73. The van der Waals surface area contributed by atoms with Gasteiger partial charge in [-0.3, -0.25) is 4.79 Å². The number of nitrogens with one attached hydrogen (secondary N) is 1. The zero-order valence-corrected chi connectivity index (χ0v) is 16.8. The van der Waals surface area contributed by atoms with Crippen LogP contribution >= 0.6 is 11.8 Å². The predicted octanol–water partition coefficient (Wildman–Crippen LogP) is 2.90. The minimum Gasteiger partial charge on any atom is -0.455 e. The van der Waals surface area contributed by atoms with Crippen molar-refractivity contribution in [1.29, 1.82) is 0 Å². The predicted molar refractivity (Wildman–Crippen MR) is 105 cm³/mol. The Hall–Kier alpha value is -2.06. The molecule has 0 bridgehead atoms. The Labute approximate surface area is 163 Å². The molecule has 2 aromatic heterocycles. The third kappa shape index (κ3) is 5.46. The van der Waals surface area contributed by atoms with Crippen LogP contribution in [0.1, 0.15) is 41.8 Å². The first kappa shape index (κ1) is 19.7. The van der Waals surface area contributed by atoms with Crippen molar-refractivity contribution >= 4 is 23.5 Å². The van der Waals surface area contributed by atoms with E-state index < -0.39 is 0 Å². The second-order valence-electron chi connectivity index (χ2n) is 6.65. The van der Waals surface area contributed by atoms with Gasteiger partial charge in [0.05, 0.1) is 11.9 Å². The maximum atomic E-state index is 12.2. The summed E-state index contributed by atoms with van der Waals surface area (Å²) < 4.78 is 11.2. The van der Waals surface area contributed by atoms with Crippen LogP contribution in [0.4, 0.5) is 5.82 Å². The summed E-state index contributed by atoms with van der Waals surface area (Å²) >= 11 is 1.50. The van der Waals surface area contributed by atoms with Crippen molar-refractivity contribution in [1.82, 2.24) is 15.3 Å². The topological polar surface area (TPSA) is 80.5 Å². The zero-order valence-electron chi connectivity index (χ0n) is 16.0. The number of hydrogen-bond acceptors (Lipinski definition) is 7. The molecular formula is C19H26N4O3S. The van der Waals surface area contributed by atoms with Gasteiger partial charge in [0.15, 0.2) is 10.9 Å². The lowest BCUT2D eigenvalue weighted by Crippen LogP contribution is -2.31. The van der Waals surface area contributed by atoms with Gasteiger partial charge in [0.2, 0.25) is 0 Å². The maximum Gasteiger partial charge on any atom is 0.287 e. The quantitative estimate of drug-likeness (QED) is 0.548. The smallest absolute Gasteiger partial charge is 0.287 e. The van der Waals surface area contributed by atoms with E-state index in [1.165, 1.54) is 11.8 Å². The van der Waals surface area contributed by atoms with E-state index in [0.29, 0.717) is 23.2 Å². The van der Waals surface area contributed by atoms with Crippen molar-refractivity contribution in [2.24, 2.45) is 0 Å². The minimum absolute atomic E-state index is 0.118. The molecule has 146 valence electrons. The fourth-order valence-electron chi connectivity index (χ4n) is 2.75. The number of furan rings is 1. The Bertz CT molecular complexity index is 772. The summed E-state index contributed by atoms with van der Waals surface area (Å²) in [6.45, 7) is 3.37. The highest BCUT2D eigenvalue weighted by Gasteiger charge is 2.18. The van der Waals surface area contributed by atoms with E-state index in [1.54, 1.807) is 6.07 Å². The van der Waals surface area contributed by atoms with E-state index in [9.17, 15) is 4.79 Å². The molecule has 0 radical (unpaired) electrons. The number of anilines is 1. The first-order chi connectivity index (χ1) is 13.0. The number of thioether (sulfide) groups is 1. The summed E-state index contributed by atoms with van der Waals surface area (Å²) in [6, 6.07) is 5.52. The fraction of sp³-hybridized carbons (Fsp3) is 0.526. The molecule has 1 aliphatic rings. The molecule has 1 aliphatic heterocycles. The number of ether oxygens (including phenoxy) is 1. The third-order valence-electron chi connectivity index (χ3n) is 4.31. The van der Waals surface area contributed by atoms with Crippen molar-refractivity contribution < 1.29 is 13.9 Å². The van der Waals surface area contributed by atoms with Crippen LogP contribution < -0.4 is 10.2 Å². The molecule has 0 aromatic carbocycles. The van der Waals surface area contributed by atoms with E-state index in [4.69, 9.17) is 9.15 Å². The fourth-order valence-corrected chi connectivity index (χ4v) is 3.51. The largest absolute Gasteiger partial charge is 0.455 e. The summed E-state index contributed by atoms with van der Waals surface area (Å²) in [6.07, 6.45) is 3.02. The molecule has 3 rings (SSSR count). The number of aromatic nitrogens is 2. The second kappa shape index (κ2) is 9.23. The number of aryl methyl sites for hydroxylation is 1. The lowest BCUT2D eigenvalue weighted by Gasteiger charge is -2.13. The van der Waals surface area contributed by atoms with Gasteiger partial charge in [-0.2, -0.15) is 0 Å². The molecule has 1 N–H and O–H groups in total. The monoisotopic (exact) mass is 390 g/mol. The molecule has 1 fully saturated rings. The number of rotatable bonds is 8. The van der Waals surface area contributed by atoms with Gasteiger partial charge in [0.25, 0.3) is 5.91 Å². The van der Waals surface area contributed by atoms with E-state index in [-0.39, 0.29) is 12.0 Å². The SMILES string of the molecule is CCc1cc(N(C)C)nc(SCc2ccc(C(=O)NC[C@H]3CCCO3)o2)n1. The molecule has 0 spiro atoms. The van der Waals surface area contributed by atoms with E-state index in [1.807, 2.05) is 31.1 Å². The minimum atomic E-state index is -0.208. The van der Waals surface area contributed by atoms with Crippen molar-refractivity contribution in [3.8, 4) is 0 Å². The maximum absolute atomic E-state index is 12.2. The molecule has 0 aliphatic carbocycles. The lowest BCUT2D eigenvalue weighted by molar-refractivity contribution is 0.0834. The van der Waals surface area contributed by atoms with Gasteiger partial charge in [-0.25, -0.2) is 9.97 Å². The van der Waals surface area contributed by atoms with Crippen molar-refractivity contribution in [2.75, 3.05) is 32.1 Å². The van der Waals surface area contributed by atoms with Crippen molar-refractivity contribution in [3.05, 3.63) is 35.4 Å². The molecule has 0 unspecified atom stereocenters. The molecule has 2 aromatic rings.